The van der Waals surface area contributed by atoms with Crippen molar-refractivity contribution in [3.8, 4) is 11.3 Å². The van der Waals surface area contributed by atoms with Crippen molar-refractivity contribution in [2.75, 3.05) is 0 Å². The smallest absolute Gasteiger partial charge is 1.00 e. The molecule has 0 saturated heterocycles. The average molecular weight is 530 g/mol. The van der Waals surface area contributed by atoms with Gasteiger partial charge in [0.05, 0.1) is 29.4 Å². The van der Waals surface area contributed by atoms with E-state index in [-0.39, 0.29) is 47.4 Å². The van der Waals surface area contributed by atoms with Gasteiger partial charge in [0.2, 0.25) is 5.78 Å². The van der Waals surface area contributed by atoms with Gasteiger partial charge >= 0.3 is 16.8 Å². The third-order valence-corrected chi connectivity index (χ3v) is 5.16. The van der Waals surface area contributed by atoms with E-state index in [9.17, 15) is 9.90 Å². The van der Waals surface area contributed by atoms with Gasteiger partial charge in [-0.1, -0.05) is 55.0 Å². The summed E-state index contributed by atoms with van der Waals surface area (Å²) in [6.45, 7) is 7.95. The van der Waals surface area contributed by atoms with Crippen LogP contribution in [-0.2, 0) is 23.2 Å². The number of aromatic nitrogens is 1. The van der Waals surface area contributed by atoms with Gasteiger partial charge in [0.15, 0.2) is 0 Å². The second kappa shape index (κ2) is 14.3. The van der Waals surface area contributed by atoms with Gasteiger partial charge in [-0.05, 0) is 50.5 Å². The molecule has 0 spiro atoms. The van der Waals surface area contributed by atoms with Gasteiger partial charge < -0.3 is 29.9 Å². The second-order valence-corrected chi connectivity index (χ2v) is 7.69. The zero-order chi connectivity index (χ0) is 21.7. The largest absolute Gasteiger partial charge is 2.00 e. The third kappa shape index (κ3) is 8.05. The Balaban J connectivity index is 0.00000341. The summed E-state index contributed by atoms with van der Waals surface area (Å²) < 4.78 is 0. The van der Waals surface area contributed by atoms with Crippen LogP contribution in [-0.4, -0.2) is 28.2 Å². The maximum Gasteiger partial charge on any atom is 2.00 e. The van der Waals surface area contributed by atoms with Crippen molar-refractivity contribution in [3.63, 3.8) is 0 Å². The Bertz CT molecular complexity index is 1070. The number of nitrogens with zero attached hydrogens (tertiary/aromatic N) is 2. The molecule has 0 aliphatic heterocycles. The van der Waals surface area contributed by atoms with Crippen LogP contribution in [0.25, 0.3) is 11.3 Å². The van der Waals surface area contributed by atoms with Gasteiger partial charge in [-0.25, -0.2) is 0 Å². The van der Waals surface area contributed by atoms with Crippen LogP contribution >= 0.6 is 0 Å². The normalized spacial score (nSPS) is 11.2. The summed E-state index contributed by atoms with van der Waals surface area (Å²) in [7, 11) is 0. The van der Waals surface area contributed by atoms with E-state index < -0.39 is 6.10 Å². The number of ketones is 1. The molecule has 1 heterocycles. The summed E-state index contributed by atoms with van der Waals surface area (Å²) in [4.78, 5) is 22.2. The molecule has 1 atom stereocenters. The van der Waals surface area contributed by atoms with Crippen LogP contribution in [0.3, 0.4) is 0 Å². The molecule has 0 fully saturated rings. The number of aliphatic hydroxyl groups excluding tert-OH is 1. The van der Waals surface area contributed by atoms with E-state index >= 15 is 0 Å². The van der Waals surface area contributed by atoms with Crippen LogP contribution in [0.5, 0.6) is 0 Å². The molecule has 0 aliphatic rings. The number of hydrogen-bond donors (Lipinski definition) is 1. The minimum Gasteiger partial charge on any atom is -1.00 e. The van der Waals surface area contributed by atoms with Gasteiger partial charge in [0, 0.05) is 17.5 Å². The summed E-state index contributed by atoms with van der Waals surface area (Å²) in [6.07, 6.45) is 1.75. The predicted octanol–water partition coefficient (Wildman–Crippen LogP) is -0.422. The summed E-state index contributed by atoms with van der Waals surface area (Å²) in [5.41, 5.74) is 6.90. The van der Waals surface area contributed by atoms with E-state index in [2.05, 4.69) is 17.1 Å². The Morgan fingerprint density at radius 3 is 2.21 bits per heavy atom. The van der Waals surface area contributed by atoms with Crippen molar-refractivity contribution in [1.29, 1.82) is 0 Å². The second-order valence-electron chi connectivity index (χ2n) is 7.69. The fraction of sp³-hybridized carbons (Fsp3) is 0.269. The SMILES string of the molecule is CC[C@@H](O)Cc1nc(-c2ccccc2)ccc1C(=O)C=Nc1c(C)cc(C)cc1C.[Cl-].[Cl-].[Co+2]. The number of aryl methyl sites for hydroxylation is 3. The van der Waals surface area contributed by atoms with E-state index in [1.165, 1.54) is 11.8 Å². The van der Waals surface area contributed by atoms with Gasteiger partial charge in [-0.3, -0.25) is 14.8 Å². The minimum absolute atomic E-state index is 0. The van der Waals surface area contributed by atoms with Crippen molar-refractivity contribution < 1.29 is 51.5 Å². The number of hydrogen-bond acceptors (Lipinski definition) is 4. The van der Waals surface area contributed by atoms with Crippen LogP contribution < -0.4 is 24.8 Å². The summed E-state index contributed by atoms with van der Waals surface area (Å²) in [6, 6.07) is 17.6. The number of aliphatic hydroxyl groups is 1. The predicted molar refractivity (Wildman–Crippen MR) is 123 cm³/mol. The topological polar surface area (TPSA) is 62.6 Å². The number of Topliss-reactive ketones (excluding diaryl/α,β-unsaturated/α-hetero) is 1. The summed E-state index contributed by atoms with van der Waals surface area (Å²) >= 11 is 0. The molecule has 0 bridgehead atoms. The fourth-order valence-corrected chi connectivity index (χ4v) is 3.59. The molecule has 1 aromatic heterocycles. The van der Waals surface area contributed by atoms with E-state index in [0.29, 0.717) is 24.1 Å². The van der Waals surface area contributed by atoms with E-state index in [1.54, 1.807) is 6.07 Å². The number of benzene rings is 2. The number of rotatable bonds is 7. The van der Waals surface area contributed by atoms with Crippen molar-refractivity contribution in [2.45, 2.75) is 46.6 Å². The Hall–Kier alpha value is -2.02. The molecule has 0 unspecified atom stereocenters. The molecule has 177 valence electrons. The Morgan fingerprint density at radius 1 is 1.03 bits per heavy atom. The molecule has 1 radical (unpaired) electrons. The molecule has 3 rings (SSSR count). The van der Waals surface area contributed by atoms with Crippen LogP contribution in [0.1, 0.15) is 46.1 Å². The Morgan fingerprint density at radius 2 is 1.64 bits per heavy atom. The van der Waals surface area contributed by atoms with Crippen molar-refractivity contribution in [3.05, 3.63) is 82.5 Å². The van der Waals surface area contributed by atoms with Crippen LogP contribution in [0, 0.1) is 20.8 Å². The maximum absolute atomic E-state index is 13.0. The van der Waals surface area contributed by atoms with Crippen LogP contribution in [0.4, 0.5) is 5.69 Å². The number of aliphatic imine (C=N–C) groups is 1. The van der Waals surface area contributed by atoms with Gasteiger partial charge in [-0.2, -0.15) is 0 Å². The first kappa shape index (κ1) is 31.0. The summed E-state index contributed by atoms with van der Waals surface area (Å²) in [5.74, 6) is -0.209. The van der Waals surface area contributed by atoms with Crippen molar-refractivity contribution in [2.24, 2.45) is 4.99 Å². The minimum atomic E-state index is -0.548. The standard InChI is InChI=1S/C26H28N2O2.2ClH.Co/c1-5-21(29)15-24-22(11-12-23(28-24)20-9-7-6-8-10-20)25(30)16-27-26-18(3)13-17(2)14-19(26)4;;;/h6-14,16,21,29H,5,15H2,1-4H3;2*1H;/q;;;+2/p-2/t21-;;;/m1.../s1. The van der Waals surface area contributed by atoms with E-state index in [0.717, 1.165) is 28.1 Å². The first-order valence-corrected chi connectivity index (χ1v) is 10.3. The first-order valence-electron chi connectivity index (χ1n) is 10.3. The third-order valence-electron chi connectivity index (χ3n) is 5.16. The van der Waals surface area contributed by atoms with E-state index in [1.807, 2.05) is 64.1 Å². The van der Waals surface area contributed by atoms with Crippen molar-refractivity contribution in [1.82, 2.24) is 4.98 Å². The van der Waals surface area contributed by atoms with Crippen LogP contribution in [0.15, 0.2) is 59.6 Å². The molecule has 0 aliphatic carbocycles. The number of pyridine rings is 1. The van der Waals surface area contributed by atoms with Crippen molar-refractivity contribution >= 4 is 17.7 Å². The molecule has 4 nitrogen and oxygen atoms in total. The average Bonchev–Trinajstić information content (AvgIpc) is 2.73. The fourth-order valence-electron chi connectivity index (χ4n) is 3.59. The molecule has 2 aromatic carbocycles. The number of carbonyl (C=O) groups excluding carboxylic acids is 1. The zero-order valence-electron chi connectivity index (χ0n) is 19.1. The molecular weight excluding hydrogens is 502 g/mol. The quantitative estimate of drug-likeness (QED) is 0.334. The number of halogens is 2. The molecule has 3 aromatic rings. The van der Waals surface area contributed by atoms with Gasteiger partial charge in [-0.15, -0.1) is 0 Å². The molecule has 0 amide bonds. The van der Waals surface area contributed by atoms with E-state index in [4.69, 9.17) is 4.98 Å². The molecular formula is C26H28Cl2CoN2O2. The van der Waals surface area contributed by atoms with Gasteiger partial charge in [0.25, 0.3) is 0 Å². The van der Waals surface area contributed by atoms with Crippen LogP contribution in [0.2, 0.25) is 0 Å². The Kier molecular flexibility index (Phi) is 13.4. The molecule has 7 heteroatoms. The number of carbonyl (C=O) groups is 1. The first-order chi connectivity index (χ1) is 14.4. The molecule has 33 heavy (non-hydrogen) atoms. The monoisotopic (exact) mass is 529 g/mol. The Labute approximate surface area is 219 Å². The summed E-state index contributed by atoms with van der Waals surface area (Å²) in [5, 5.41) is 10.2. The molecule has 0 saturated carbocycles. The molecule has 1 N–H and O–H groups in total. The van der Waals surface area contributed by atoms with Gasteiger partial charge in [0.1, 0.15) is 0 Å². The zero-order valence-corrected chi connectivity index (χ0v) is 21.7. The maximum atomic E-state index is 13.0.